The van der Waals surface area contributed by atoms with Crippen molar-refractivity contribution in [3.63, 3.8) is 0 Å². The fourth-order valence-corrected chi connectivity index (χ4v) is 2.31. The molecule has 25 heavy (non-hydrogen) atoms. The van der Waals surface area contributed by atoms with E-state index >= 15 is 0 Å². The van der Waals surface area contributed by atoms with E-state index in [-0.39, 0.29) is 12.5 Å². The van der Waals surface area contributed by atoms with Crippen LogP contribution in [-0.4, -0.2) is 22.7 Å². The monoisotopic (exact) mass is 337 g/mol. The zero-order valence-corrected chi connectivity index (χ0v) is 14.1. The van der Waals surface area contributed by atoms with Gasteiger partial charge in [0.15, 0.2) is 6.61 Å². The second kappa shape index (κ2) is 7.61. The highest BCUT2D eigenvalue weighted by atomic mass is 16.5. The van der Waals surface area contributed by atoms with Gasteiger partial charge in [-0.1, -0.05) is 26.0 Å². The lowest BCUT2D eigenvalue weighted by Crippen LogP contribution is -2.20. The predicted octanol–water partition coefficient (Wildman–Crippen LogP) is 3.88. The Morgan fingerprint density at radius 3 is 2.68 bits per heavy atom. The lowest BCUT2D eigenvalue weighted by molar-refractivity contribution is -0.118. The number of anilines is 1. The van der Waals surface area contributed by atoms with Crippen LogP contribution in [0.4, 0.5) is 5.69 Å². The van der Waals surface area contributed by atoms with Crippen LogP contribution in [-0.2, 0) is 4.79 Å². The summed E-state index contributed by atoms with van der Waals surface area (Å²) in [7, 11) is 0. The van der Waals surface area contributed by atoms with E-state index in [0.717, 1.165) is 11.3 Å². The first-order valence-corrected chi connectivity index (χ1v) is 8.01. The number of hydrogen-bond acceptors (Lipinski definition) is 5. The second-order valence-electron chi connectivity index (χ2n) is 5.89. The molecule has 6 heteroatoms. The summed E-state index contributed by atoms with van der Waals surface area (Å²) in [6.07, 6.45) is 1.28. The maximum absolute atomic E-state index is 12.1. The van der Waals surface area contributed by atoms with Crippen LogP contribution in [0.3, 0.4) is 0 Å². The Morgan fingerprint density at radius 2 is 2.00 bits per heavy atom. The van der Waals surface area contributed by atoms with Crippen LogP contribution in [0.5, 0.6) is 5.75 Å². The van der Waals surface area contributed by atoms with Gasteiger partial charge in [0.2, 0.25) is 12.3 Å². The summed E-state index contributed by atoms with van der Waals surface area (Å²) in [5, 5.41) is 10.3. The van der Waals surface area contributed by atoms with Crippen LogP contribution < -0.4 is 10.1 Å². The lowest BCUT2D eigenvalue weighted by atomic mass is 10.0. The highest BCUT2D eigenvalue weighted by molar-refractivity contribution is 5.91. The number of hydrogen-bond donors (Lipinski definition) is 1. The zero-order valence-electron chi connectivity index (χ0n) is 14.1. The molecular formula is C19H19N3O3. The van der Waals surface area contributed by atoms with Crippen LogP contribution >= 0.6 is 0 Å². The maximum atomic E-state index is 12.1. The Labute approximate surface area is 145 Å². The molecule has 0 bridgehead atoms. The summed E-state index contributed by atoms with van der Waals surface area (Å²) in [4.78, 5) is 12.1. The number of carbonyl (C=O) groups is 1. The first-order chi connectivity index (χ1) is 12.1. The van der Waals surface area contributed by atoms with E-state index in [4.69, 9.17) is 9.15 Å². The molecular weight excluding hydrogens is 318 g/mol. The average Bonchev–Trinajstić information content (AvgIpc) is 3.15. The SMILES string of the molecule is CC(C)c1cccc(NC(=O)COc2ccc(-c3nnco3)cc2)c1. The van der Waals surface area contributed by atoms with Gasteiger partial charge >= 0.3 is 0 Å². The van der Waals surface area contributed by atoms with E-state index in [1.807, 2.05) is 24.3 Å². The average molecular weight is 337 g/mol. The first kappa shape index (κ1) is 16.7. The van der Waals surface area contributed by atoms with Gasteiger partial charge in [-0.3, -0.25) is 4.79 Å². The van der Waals surface area contributed by atoms with Crippen molar-refractivity contribution < 1.29 is 13.9 Å². The first-order valence-electron chi connectivity index (χ1n) is 8.01. The number of aromatic nitrogens is 2. The molecule has 3 aromatic rings. The summed E-state index contributed by atoms with van der Waals surface area (Å²) in [6, 6.07) is 14.9. The summed E-state index contributed by atoms with van der Waals surface area (Å²) in [5.74, 6) is 1.23. The van der Waals surface area contributed by atoms with E-state index in [0.29, 0.717) is 17.6 Å². The molecule has 1 aromatic heterocycles. The molecule has 0 spiro atoms. The number of ether oxygens (including phenoxy) is 1. The Hall–Kier alpha value is -3.15. The smallest absolute Gasteiger partial charge is 0.262 e. The molecule has 1 N–H and O–H groups in total. The number of carbonyl (C=O) groups excluding carboxylic acids is 1. The summed E-state index contributed by atoms with van der Waals surface area (Å²) in [6.45, 7) is 4.16. The number of amides is 1. The molecule has 3 rings (SSSR count). The van der Waals surface area contributed by atoms with Crippen molar-refractivity contribution >= 4 is 11.6 Å². The minimum absolute atomic E-state index is 0.0637. The fraction of sp³-hybridized carbons (Fsp3) is 0.211. The molecule has 0 unspecified atom stereocenters. The normalized spacial score (nSPS) is 10.7. The summed E-state index contributed by atoms with van der Waals surface area (Å²) < 4.78 is 10.6. The molecule has 0 saturated carbocycles. The minimum atomic E-state index is -0.207. The molecule has 0 aliphatic rings. The standard InChI is InChI=1S/C19H19N3O3/c1-13(2)15-4-3-5-16(10-15)21-18(23)11-24-17-8-6-14(7-9-17)19-22-20-12-25-19/h3-10,12-13H,11H2,1-2H3,(H,21,23). The molecule has 0 radical (unpaired) electrons. The van der Waals surface area contributed by atoms with Crippen molar-refractivity contribution in [1.82, 2.24) is 10.2 Å². The van der Waals surface area contributed by atoms with Crippen molar-refractivity contribution in [2.75, 3.05) is 11.9 Å². The van der Waals surface area contributed by atoms with Gasteiger partial charge in [0.25, 0.3) is 5.91 Å². The van der Waals surface area contributed by atoms with Crippen LogP contribution in [0, 0.1) is 0 Å². The lowest BCUT2D eigenvalue weighted by Gasteiger charge is -2.10. The minimum Gasteiger partial charge on any atom is -0.484 e. The Kier molecular flexibility index (Phi) is 5.09. The van der Waals surface area contributed by atoms with Crippen molar-refractivity contribution in [3.8, 4) is 17.2 Å². The van der Waals surface area contributed by atoms with Gasteiger partial charge in [-0.2, -0.15) is 0 Å². The van der Waals surface area contributed by atoms with Crippen molar-refractivity contribution in [2.24, 2.45) is 0 Å². The number of rotatable bonds is 6. The Bertz CT molecular complexity index is 827. The molecule has 0 atom stereocenters. The predicted molar refractivity (Wildman–Crippen MR) is 94.4 cm³/mol. The number of nitrogens with one attached hydrogen (secondary N) is 1. The maximum Gasteiger partial charge on any atom is 0.262 e. The molecule has 0 saturated heterocycles. The molecule has 6 nitrogen and oxygen atoms in total. The third-order valence-electron chi connectivity index (χ3n) is 3.67. The van der Waals surface area contributed by atoms with Crippen molar-refractivity contribution in [1.29, 1.82) is 0 Å². The van der Waals surface area contributed by atoms with E-state index in [1.165, 1.54) is 12.0 Å². The van der Waals surface area contributed by atoms with Crippen LogP contribution in [0.2, 0.25) is 0 Å². The van der Waals surface area contributed by atoms with Gasteiger partial charge in [0, 0.05) is 11.3 Å². The van der Waals surface area contributed by atoms with Crippen molar-refractivity contribution in [2.45, 2.75) is 19.8 Å². The highest BCUT2D eigenvalue weighted by Gasteiger charge is 2.07. The van der Waals surface area contributed by atoms with Gasteiger partial charge in [-0.05, 0) is 47.9 Å². The molecule has 0 fully saturated rings. The molecule has 128 valence electrons. The van der Waals surface area contributed by atoms with Gasteiger partial charge < -0.3 is 14.5 Å². The topological polar surface area (TPSA) is 77.2 Å². The Balaban J connectivity index is 1.54. The van der Waals surface area contributed by atoms with Crippen LogP contribution in [0.25, 0.3) is 11.5 Å². The van der Waals surface area contributed by atoms with E-state index in [1.54, 1.807) is 24.3 Å². The number of benzene rings is 2. The number of nitrogens with zero attached hydrogens (tertiary/aromatic N) is 2. The fourth-order valence-electron chi connectivity index (χ4n) is 2.31. The molecule has 0 aliphatic carbocycles. The third kappa shape index (κ3) is 4.44. The quantitative estimate of drug-likeness (QED) is 0.738. The zero-order chi connectivity index (χ0) is 17.6. The highest BCUT2D eigenvalue weighted by Crippen LogP contribution is 2.21. The van der Waals surface area contributed by atoms with Crippen LogP contribution in [0.1, 0.15) is 25.3 Å². The molecule has 2 aromatic carbocycles. The molecule has 1 heterocycles. The summed E-state index contributed by atoms with van der Waals surface area (Å²) in [5.41, 5.74) is 2.74. The Morgan fingerprint density at radius 1 is 1.20 bits per heavy atom. The van der Waals surface area contributed by atoms with Crippen LogP contribution in [0.15, 0.2) is 59.3 Å². The molecule has 0 aliphatic heterocycles. The van der Waals surface area contributed by atoms with Crippen molar-refractivity contribution in [3.05, 3.63) is 60.5 Å². The van der Waals surface area contributed by atoms with Gasteiger partial charge in [-0.25, -0.2) is 0 Å². The van der Waals surface area contributed by atoms with Gasteiger partial charge in [-0.15, -0.1) is 10.2 Å². The second-order valence-corrected chi connectivity index (χ2v) is 5.89. The largest absolute Gasteiger partial charge is 0.484 e. The van der Waals surface area contributed by atoms with E-state index in [9.17, 15) is 4.79 Å². The van der Waals surface area contributed by atoms with Gasteiger partial charge in [0.05, 0.1) is 0 Å². The molecule has 1 amide bonds. The van der Waals surface area contributed by atoms with Gasteiger partial charge in [0.1, 0.15) is 5.75 Å². The third-order valence-corrected chi connectivity index (χ3v) is 3.67. The van der Waals surface area contributed by atoms with E-state index in [2.05, 4.69) is 29.4 Å². The van der Waals surface area contributed by atoms with E-state index < -0.39 is 0 Å². The summed E-state index contributed by atoms with van der Waals surface area (Å²) >= 11 is 0.